The fourth-order valence-electron chi connectivity index (χ4n) is 1.98. The molecule has 0 unspecified atom stereocenters. The van der Waals surface area contributed by atoms with Crippen molar-refractivity contribution in [2.75, 3.05) is 14.2 Å². The third-order valence-electron chi connectivity index (χ3n) is 3.19. The van der Waals surface area contributed by atoms with Crippen LogP contribution in [0.1, 0.15) is 30.5 Å². The number of phenols is 1. The third kappa shape index (κ3) is 2.61. The zero-order chi connectivity index (χ0) is 13.9. The number of ether oxygens (including phenoxy) is 2. The van der Waals surface area contributed by atoms with Gasteiger partial charge in [0.15, 0.2) is 11.5 Å². The molecule has 0 aliphatic heterocycles. The van der Waals surface area contributed by atoms with Gasteiger partial charge in [0.05, 0.1) is 14.2 Å². The number of methoxy groups -OCH3 is 2. The molecule has 0 heterocycles. The van der Waals surface area contributed by atoms with Crippen LogP contribution in [0.5, 0.6) is 17.2 Å². The van der Waals surface area contributed by atoms with Crippen LogP contribution in [0.15, 0.2) is 11.6 Å². The molecule has 0 radical (unpaired) electrons. The van der Waals surface area contributed by atoms with Crippen LogP contribution in [0.2, 0.25) is 0 Å². The van der Waals surface area contributed by atoms with Gasteiger partial charge in [0.2, 0.25) is 5.75 Å². The van der Waals surface area contributed by atoms with Crippen molar-refractivity contribution in [2.45, 2.75) is 34.1 Å². The number of allylic oxidation sites excluding steroid dienone is 2. The molecule has 1 aromatic carbocycles. The minimum atomic E-state index is 0.176. The SMILES string of the molecule is COc1c(C)c(C)c(CC=C(C)C)c(O)c1OC. The molecule has 100 valence electrons. The van der Waals surface area contributed by atoms with Crippen molar-refractivity contribution in [1.82, 2.24) is 0 Å². The molecule has 3 nitrogen and oxygen atoms in total. The standard InChI is InChI=1S/C15H22O3/c1-9(2)7-8-12-10(3)11(4)14(17-5)15(18-6)13(12)16/h7,16H,8H2,1-6H3. The molecular weight excluding hydrogens is 228 g/mol. The highest BCUT2D eigenvalue weighted by Gasteiger charge is 2.20. The lowest BCUT2D eigenvalue weighted by Gasteiger charge is -2.18. The van der Waals surface area contributed by atoms with Gasteiger partial charge in [-0.1, -0.05) is 11.6 Å². The van der Waals surface area contributed by atoms with E-state index in [1.54, 1.807) is 7.11 Å². The summed E-state index contributed by atoms with van der Waals surface area (Å²) in [5, 5.41) is 10.3. The molecule has 0 aliphatic rings. The first kappa shape index (κ1) is 14.4. The van der Waals surface area contributed by atoms with Gasteiger partial charge in [-0.25, -0.2) is 0 Å². The molecule has 0 aromatic heterocycles. The fourth-order valence-corrected chi connectivity index (χ4v) is 1.98. The van der Waals surface area contributed by atoms with E-state index < -0.39 is 0 Å². The molecule has 0 fully saturated rings. The quantitative estimate of drug-likeness (QED) is 0.831. The Labute approximate surface area is 109 Å². The van der Waals surface area contributed by atoms with Gasteiger partial charge in [-0.2, -0.15) is 0 Å². The molecule has 1 rings (SSSR count). The van der Waals surface area contributed by atoms with E-state index in [0.717, 1.165) is 16.7 Å². The van der Waals surface area contributed by atoms with Crippen molar-refractivity contribution in [3.63, 3.8) is 0 Å². The molecule has 1 N–H and O–H groups in total. The summed E-state index contributed by atoms with van der Waals surface area (Å²) in [6.45, 7) is 8.05. The molecule has 0 bridgehead atoms. The number of aromatic hydroxyl groups is 1. The highest BCUT2D eigenvalue weighted by Crippen LogP contribution is 2.44. The van der Waals surface area contributed by atoms with E-state index in [9.17, 15) is 5.11 Å². The second-order valence-corrected chi connectivity index (χ2v) is 4.63. The van der Waals surface area contributed by atoms with Gasteiger partial charge in [0.1, 0.15) is 0 Å². The van der Waals surface area contributed by atoms with Gasteiger partial charge in [-0.05, 0) is 45.2 Å². The summed E-state index contributed by atoms with van der Waals surface area (Å²) >= 11 is 0. The van der Waals surface area contributed by atoms with E-state index in [1.807, 2.05) is 27.7 Å². The predicted octanol–water partition coefficient (Wildman–Crippen LogP) is 3.53. The Hall–Kier alpha value is -1.64. The minimum Gasteiger partial charge on any atom is -0.504 e. The monoisotopic (exact) mass is 250 g/mol. The Morgan fingerprint density at radius 3 is 2.06 bits per heavy atom. The molecule has 0 aliphatic carbocycles. The van der Waals surface area contributed by atoms with Crippen LogP contribution in [0.4, 0.5) is 0 Å². The fraction of sp³-hybridized carbons (Fsp3) is 0.467. The Morgan fingerprint density at radius 2 is 1.61 bits per heavy atom. The highest BCUT2D eigenvalue weighted by molar-refractivity contribution is 5.62. The van der Waals surface area contributed by atoms with Crippen LogP contribution in [0.3, 0.4) is 0 Å². The van der Waals surface area contributed by atoms with Crippen LogP contribution < -0.4 is 9.47 Å². The van der Waals surface area contributed by atoms with Gasteiger partial charge in [0, 0.05) is 5.56 Å². The number of hydrogen-bond acceptors (Lipinski definition) is 3. The molecule has 1 aromatic rings. The first-order chi connectivity index (χ1) is 8.43. The third-order valence-corrected chi connectivity index (χ3v) is 3.19. The average Bonchev–Trinajstić information content (AvgIpc) is 2.32. The number of hydrogen-bond donors (Lipinski definition) is 1. The van der Waals surface area contributed by atoms with E-state index in [-0.39, 0.29) is 5.75 Å². The van der Waals surface area contributed by atoms with E-state index in [4.69, 9.17) is 9.47 Å². The smallest absolute Gasteiger partial charge is 0.203 e. The zero-order valence-corrected chi connectivity index (χ0v) is 12.0. The maximum atomic E-state index is 10.3. The summed E-state index contributed by atoms with van der Waals surface area (Å²) in [6, 6.07) is 0. The molecule has 0 saturated carbocycles. The Balaban J connectivity index is 3.44. The van der Waals surface area contributed by atoms with Gasteiger partial charge in [-0.3, -0.25) is 0 Å². The molecule has 0 amide bonds. The zero-order valence-electron chi connectivity index (χ0n) is 12.0. The Bertz CT molecular complexity index is 469. The van der Waals surface area contributed by atoms with E-state index in [1.165, 1.54) is 12.7 Å². The lowest BCUT2D eigenvalue weighted by atomic mass is 9.97. The second kappa shape index (κ2) is 5.80. The summed E-state index contributed by atoms with van der Waals surface area (Å²) in [4.78, 5) is 0. The van der Waals surface area contributed by atoms with Crippen molar-refractivity contribution in [3.05, 3.63) is 28.3 Å². The van der Waals surface area contributed by atoms with Crippen LogP contribution in [-0.4, -0.2) is 19.3 Å². The summed E-state index contributed by atoms with van der Waals surface area (Å²) < 4.78 is 10.6. The van der Waals surface area contributed by atoms with Gasteiger partial charge in [-0.15, -0.1) is 0 Å². The molecule has 0 atom stereocenters. The first-order valence-electron chi connectivity index (χ1n) is 6.00. The summed E-state index contributed by atoms with van der Waals surface area (Å²) in [7, 11) is 3.12. The topological polar surface area (TPSA) is 38.7 Å². The second-order valence-electron chi connectivity index (χ2n) is 4.63. The largest absolute Gasteiger partial charge is 0.504 e. The first-order valence-corrected chi connectivity index (χ1v) is 6.00. The summed E-state index contributed by atoms with van der Waals surface area (Å²) in [5.74, 6) is 1.20. The molecule has 3 heteroatoms. The number of phenolic OH excluding ortho intramolecular Hbond substituents is 1. The van der Waals surface area contributed by atoms with E-state index >= 15 is 0 Å². The van der Waals surface area contributed by atoms with E-state index in [0.29, 0.717) is 17.9 Å². The van der Waals surface area contributed by atoms with Crippen LogP contribution in [0, 0.1) is 13.8 Å². The maximum absolute atomic E-state index is 10.3. The number of benzene rings is 1. The van der Waals surface area contributed by atoms with Crippen molar-refractivity contribution in [1.29, 1.82) is 0 Å². The summed E-state index contributed by atoms with van der Waals surface area (Å²) in [6.07, 6.45) is 2.79. The Morgan fingerprint density at radius 1 is 1.06 bits per heavy atom. The van der Waals surface area contributed by atoms with Crippen LogP contribution in [0.25, 0.3) is 0 Å². The van der Waals surface area contributed by atoms with Crippen molar-refractivity contribution in [3.8, 4) is 17.2 Å². The predicted molar refractivity (Wildman–Crippen MR) is 73.8 cm³/mol. The van der Waals surface area contributed by atoms with Crippen molar-refractivity contribution < 1.29 is 14.6 Å². The summed E-state index contributed by atoms with van der Waals surface area (Å²) in [5.41, 5.74) is 4.17. The lowest BCUT2D eigenvalue weighted by molar-refractivity contribution is 0.329. The lowest BCUT2D eigenvalue weighted by Crippen LogP contribution is -2.00. The van der Waals surface area contributed by atoms with Crippen LogP contribution in [-0.2, 0) is 6.42 Å². The van der Waals surface area contributed by atoms with Crippen molar-refractivity contribution >= 4 is 0 Å². The van der Waals surface area contributed by atoms with Crippen molar-refractivity contribution in [2.24, 2.45) is 0 Å². The maximum Gasteiger partial charge on any atom is 0.203 e. The van der Waals surface area contributed by atoms with Crippen LogP contribution >= 0.6 is 0 Å². The van der Waals surface area contributed by atoms with Gasteiger partial charge >= 0.3 is 0 Å². The van der Waals surface area contributed by atoms with Gasteiger partial charge < -0.3 is 14.6 Å². The molecule has 0 saturated heterocycles. The van der Waals surface area contributed by atoms with E-state index in [2.05, 4.69) is 6.08 Å². The minimum absolute atomic E-state index is 0.176. The Kier molecular flexibility index (Phi) is 4.65. The normalized spacial score (nSPS) is 10.1. The average molecular weight is 250 g/mol. The van der Waals surface area contributed by atoms with Gasteiger partial charge in [0.25, 0.3) is 0 Å². The molecule has 0 spiro atoms. The highest BCUT2D eigenvalue weighted by atomic mass is 16.5. The molecule has 18 heavy (non-hydrogen) atoms. The number of rotatable bonds is 4. The molecular formula is C15H22O3.